The van der Waals surface area contributed by atoms with Crippen LogP contribution >= 0.6 is 0 Å². The third kappa shape index (κ3) is 4.23. The second-order valence-electron chi connectivity index (χ2n) is 9.92. The summed E-state index contributed by atoms with van der Waals surface area (Å²) in [6.07, 6.45) is 5.62. The van der Waals surface area contributed by atoms with Crippen molar-refractivity contribution in [2.75, 3.05) is 0 Å². The van der Waals surface area contributed by atoms with Gasteiger partial charge < -0.3 is 19.1 Å². The van der Waals surface area contributed by atoms with Crippen molar-refractivity contribution in [3.63, 3.8) is 0 Å². The van der Waals surface area contributed by atoms with Crippen LogP contribution < -0.4 is 9.47 Å². The van der Waals surface area contributed by atoms with E-state index in [2.05, 4.69) is 20.5 Å². The van der Waals surface area contributed by atoms with E-state index in [4.69, 9.17) is 19.0 Å². The number of hydrogen-bond donors (Lipinski definition) is 1. The van der Waals surface area contributed by atoms with Crippen molar-refractivity contribution >= 4 is 5.97 Å². The highest BCUT2D eigenvalue weighted by Gasteiger charge is 2.47. The van der Waals surface area contributed by atoms with E-state index in [9.17, 15) is 9.90 Å². The molecule has 3 fully saturated rings. The fourth-order valence-corrected chi connectivity index (χ4v) is 5.57. The lowest BCUT2D eigenvalue weighted by atomic mass is 9.92. The number of hydrogen-bond acceptors (Lipinski definition) is 9. The van der Waals surface area contributed by atoms with Gasteiger partial charge in [0.05, 0.1) is 23.4 Å². The van der Waals surface area contributed by atoms with Gasteiger partial charge in [0.2, 0.25) is 5.89 Å². The van der Waals surface area contributed by atoms with Crippen molar-refractivity contribution in [2.24, 2.45) is 24.8 Å². The fraction of sp³-hybridized carbons (Fsp3) is 0.583. The van der Waals surface area contributed by atoms with Crippen LogP contribution in [0.2, 0.25) is 0 Å². The molecule has 3 heterocycles. The topological polar surface area (TPSA) is 138 Å². The Balaban J connectivity index is 1.14. The Morgan fingerprint density at radius 1 is 1.20 bits per heavy atom. The summed E-state index contributed by atoms with van der Waals surface area (Å²) in [6, 6.07) is 3.98. The first-order valence-electron chi connectivity index (χ1n) is 12.2. The summed E-state index contributed by atoms with van der Waals surface area (Å²) in [5.74, 6) is 1.45. The summed E-state index contributed by atoms with van der Waals surface area (Å²) in [4.78, 5) is 20.6. The molecule has 4 atom stereocenters. The summed E-state index contributed by atoms with van der Waals surface area (Å²) >= 11 is 0. The number of fused-ring (bicyclic) bond motifs is 1. The minimum atomic E-state index is -0.674. The summed E-state index contributed by atoms with van der Waals surface area (Å²) in [5, 5.41) is 21.8. The number of aryl methyl sites for hydroxylation is 2. The highest BCUT2D eigenvalue weighted by atomic mass is 16.6. The number of carbonyl (C=O) groups is 1. The second-order valence-corrected chi connectivity index (χ2v) is 9.92. The van der Waals surface area contributed by atoms with Crippen molar-refractivity contribution in [2.45, 2.75) is 64.1 Å². The van der Waals surface area contributed by atoms with E-state index in [-0.39, 0.29) is 30.6 Å². The first-order chi connectivity index (χ1) is 17.0. The third-order valence-electron chi connectivity index (χ3n) is 7.59. The molecule has 0 aliphatic heterocycles. The van der Waals surface area contributed by atoms with E-state index in [1.165, 1.54) is 0 Å². The number of nitrogens with zero attached hydrogens (tertiary/aromatic N) is 6. The van der Waals surface area contributed by atoms with Crippen LogP contribution in [-0.4, -0.2) is 47.3 Å². The minimum Gasteiger partial charge on any atom is -0.489 e. The van der Waals surface area contributed by atoms with Crippen LogP contribution in [0.5, 0.6) is 11.8 Å². The summed E-state index contributed by atoms with van der Waals surface area (Å²) in [7, 11) is 1.80. The monoisotopic (exact) mass is 480 g/mol. The smallest absolute Gasteiger partial charge is 0.354 e. The van der Waals surface area contributed by atoms with Crippen molar-refractivity contribution in [1.82, 2.24) is 30.1 Å². The maximum atomic E-state index is 11.5. The number of rotatable bonds is 8. The number of carboxylic acids is 1. The zero-order valence-corrected chi connectivity index (χ0v) is 19.8. The van der Waals surface area contributed by atoms with Gasteiger partial charge in [-0.05, 0) is 74.6 Å². The van der Waals surface area contributed by atoms with Gasteiger partial charge in [0.1, 0.15) is 23.7 Å². The highest BCUT2D eigenvalue weighted by Crippen LogP contribution is 2.48. The quantitative estimate of drug-likeness (QED) is 0.511. The molecule has 3 aromatic rings. The lowest BCUT2D eigenvalue weighted by molar-refractivity contribution is -0.143. The molecular formula is C24H28N6O5. The average molecular weight is 481 g/mol. The van der Waals surface area contributed by atoms with Crippen LogP contribution in [0.4, 0.5) is 0 Å². The van der Waals surface area contributed by atoms with Crippen LogP contribution in [-0.2, 0) is 18.4 Å². The Labute approximate surface area is 201 Å². The molecule has 0 saturated heterocycles. The molecule has 184 valence electrons. The van der Waals surface area contributed by atoms with Crippen molar-refractivity contribution in [1.29, 1.82) is 0 Å². The molecule has 6 rings (SSSR count). The molecule has 0 spiro atoms. The Morgan fingerprint density at radius 3 is 2.83 bits per heavy atom. The van der Waals surface area contributed by atoms with Gasteiger partial charge in [-0.3, -0.25) is 4.79 Å². The van der Waals surface area contributed by atoms with E-state index in [0.29, 0.717) is 34.9 Å². The Bertz CT molecular complexity index is 1250. The number of pyridine rings is 1. The van der Waals surface area contributed by atoms with E-state index in [1.54, 1.807) is 11.7 Å². The molecule has 0 unspecified atom stereocenters. The molecule has 0 amide bonds. The standard InChI is InChI=1S/C24H28N6O5/c1-12-20(34-15-9-14-5-6-16(23(31)32)17(14)10-15)8-7-18(25-12)21-19(30(2)29-27-21)11-33-24-26-22(35-28-24)13-3-4-13/h7-8,13-17H,3-6,9-11H2,1-2H3,(H,31,32)/t14-,15-,16+,17+/m0/s1. The van der Waals surface area contributed by atoms with Gasteiger partial charge in [0.25, 0.3) is 0 Å². The van der Waals surface area contributed by atoms with Crippen molar-refractivity contribution < 1.29 is 23.9 Å². The number of aliphatic carboxylic acids is 1. The summed E-state index contributed by atoms with van der Waals surface area (Å²) < 4.78 is 18.9. The van der Waals surface area contributed by atoms with Gasteiger partial charge in [-0.2, -0.15) is 4.98 Å². The lowest BCUT2D eigenvalue weighted by Gasteiger charge is -2.18. The lowest BCUT2D eigenvalue weighted by Crippen LogP contribution is -2.21. The SMILES string of the molecule is Cc1nc(-c2nnn(C)c2COc2noc(C3CC3)n2)ccc1O[C@H]1C[C@@H]2CC[C@@H](C(=O)O)[C@@H]2C1. The zero-order chi connectivity index (χ0) is 24.1. The van der Waals surface area contributed by atoms with Crippen LogP contribution in [0, 0.1) is 24.7 Å². The molecule has 0 aromatic carbocycles. The first-order valence-corrected chi connectivity index (χ1v) is 12.2. The van der Waals surface area contributed by atoms with Crippen LogP contribution in [0.25, 0.3) is 11.4 Å². The molecule has 11 nitrogen and oxygen atoms in total. The van der Waals surface area contributed by atoms with E-state index in [1.807, 2.05) is 19.1 Å². The number of ether oxygens (including phenoxy) is 2. The molecular weight excluding hydrogens is 452 g/mol. The van der Waals surface area contributed by atoms with Crippen LogP contribution in [0.1, 0.15) is 61.7 Å². The normalized spacial score (nSPS) is 25.5. The van der Waals surface area contributed by atoms with Gasteiger partial charge in [-0.1, -0.05) is 5.21 Å². The number of aromatic nitrogens is 6. The summed E-state index contributed by atoms with van der Waals surface area (Å²) in [6.45, 7) is 2.08. The van der Waals surface area contributed by atoms with Crippen molar-refractivity contribution in [3.8, 4) is 23.1 Å². The average Bonchev–Trinajstić information content (AvgIpc) is 3.12. The van der Waals surface area contributed by atoms with E-state index >= 15 is 0 Å². The predicted molar refractivity (Wildman–Crippen MR) is 121 cm³/mol. The Kier molecular flexibility index (Phi) is 5.42. The summed E-state index contributed by atoms with van der Waals surface area (Å²) in [5.41, 5.74) is 2.78. The van der Waals surface area contributed by atoms with E-state index in [0.717, 1.165) is 49.9 Å². The maximum Gasteiger partial charge on any atom is 0.354 e. The van der Waals surface area contributed by atoms with Crippen LogP contribution in [0.15, 0.2) is 16.7 Å². The largest absolute Gasteiger partial charge is 0.489 e. The molecule has 0 radical (unpaired) electrons. The predicted octanol–water partition coefficient (Wildman–Crippen LogP) is 3.29. The molecule has 3 saturated carbocycles. The zero-order valence-electron chi connectivity index (χ0n) is 19.8. The minimum absolute atomic E-state index is 0.0227. The highest BCUT2D eigenvalue weighted by molar-refractivity contribution is 5.71. The van der Waals surface area contributed by atoms with Crippen LogP contribution in [0.3, 0.4) is 0 Å². The molecule has 3 aliphatic carbocycles. The third-order valence-corrected chi connectivity index (χ3v) is 7.59. The number of carboxylic acid groups (broad SMARTS) is 1. The molecule has 3 aromatic heterocycles. The van der Waals surface area contributed by atoms with Gasteiger partial charge >= 0.3 is 12.0 Å². The molecule has 3 aliphatic rings. The fourth-order valence-electron chi connectivity index (χ4n) is 5.57. The molecule has 0 bridgehead atoms. The maximum absolute atomic E-state index is 11.5. The second kappa shape index (κ2) is 8.62. The Hall–Kier alpha value is -3.50. The van der Waals surface area contributed by atoms with Gasteiger partial charge in [-0.15, -0.1) is 5.10 Å². The molecule has 35 heavy (non-hydrogen) atoms. The van der Waals surface area contributed by atoms with Gasteiger partial charge in [-0.25, -0.2) is 9.67 Å². The molecule has 11 heteroatoms. The molecule has 1 N–H and O–H groups in total. The first kappa shape index (κ1) is 22.0. The van der Waals surface area contributed by atoms with Gasteiger partial charge in [0.15, 0.2) is 0 Å². The van der Waals surface area contributed by atoms with Crippen molar-refractivity contribution in [3.05, 3.63) is 29.4 Å². The van der Waals surface area contributed by atoms with Gasteiger partial charge in [0, 0.05) is 13.0 Å². The Morgan fingerprint density at radius 2 is 2.06 bits per heavy atom. The van der Waals surface area contributed by atoms with E-state index < -0.39 is 5.97 Å².